The van der Waals surface area contributed by atoms with Crippen molar-refractivity contribution in [3.05, 3.63) is 42.1 Å². The van der Waals surface area contributed by atoms with E-state index >= 15 is 0 Å². The van der Waals surface area contributed by atoms with E-state index in [1.54, 1.807) is 12.1 Å². The Hall–Kier alpha value is -2.86. The average Bonchev–Trinajstić information content (AvgIpc) is 3.03. The van der Waals surface area contributed by atoms with Crippen LogP contribution in [0.5, 0.6) is 17.2 Å². The number of nitrogens with one attached hydrogen (secondary N) is 1. The maximum atomic E-state index is 10.1. The second-order valence-corrected chi connectivity index (χ2v) is 6.23. The van der Waals surface area contributed by atoms with Crippen molar-refractivity contribution in [3.63, 3.8) is 0 Å². The van der Waals surface area contributed by atoms with Gasteiger partial charge in [0.05, 0.1) is 19.9 Å². The molecular formula is C20H24ClN3O3. The van der Waals surface area contributed by atoms with Crippen LogP contribution in [0.4, 0.5) is 5.69 Å². The quantitative estimate of drug-likeness (QED) is 0.682. The first-order chi connectivity index (χ1) is 12.4. The number of aromatic nitrogens is 2. The lowest BCUT2D eigenvalue weighted by molar-refractivity contribution is 0.340. The van der Waals surface area contributed by atoms with Crippen LogP contribution in [-0.4, -0.2) is 43.4 Å². The predicted molar refractivity (Wildman–Crippen MR) is 111 cm³/mol. The number of benzene rings is 2. The number of phenolic OH excluding ortho intramolecular Hbond substituents is 1. The third kappa shape index (κ3) is 3.95. The largest absolute Gasteiger partial charge is 0.502 e. The maximum absolute atomic E-state index is 10.1. The van der Waals surface area contributed by atoms with E-state index in [1.807, 2.05) is 21.0 Å². The fourth-order valence-electron chi connectivity index (χ4n) is 2.83. The van der Waals surface area contributed by atoms with E-state index in [9.17, 15) is 5.11 Å². The van der Waals surface area contributed by atoms with Gasteiger partial charge in [0.2, 0.25) is 5.75 Å². The molecule has 0 aliphatic heterocycles. The van der Waals surface area contributed by atoms with Gasteiger partial charge in [-0.1, -0.05) is 12.1 Å². The zero-order valence-corrected chi connectivity index (χ0v) is 16.8. The number of hydrogen-bond donors (Lipinski definition) is 2. The van der Waals surface area contributed by atoms with Crippen LogP contribution in [0.3, 0.4) is 0 Å². The number of H-pyrrole nitrogens is 1. The molecule has 0 atom stereocenters. The molecule has 2 N–H and O–H groups in total. The highest BCUT2D eigenvalue weighted by Crippen LogP contribution is 2.40. The van der Waals surface area contributed by atoms with Crippen molar-refractivity contribution in [2.45, 2.75) is 6.92 Å². The van der Waals surface area contributed by atoms with Gasteiger partial charge in [-0.3, -0.25) is 0 Å². The lowest BCUT2D eigenvalue weighted by atomic mass is 10.1. The summed E-state index contributed by atoms with van der Waals surface area (Å²) in [5, 5.41) is 10.1. The van der Waals surface area contributed by atoms with Gasteiger partial charge in [0.1, 0.15) is 5.82 Å². The standard InChI is InChI=1S/C20H23N3O3.ClH/c1-12-18(13-6-8-15(9-7-13)23(2)3)22-20(21-12)14-10-16(25-4)19(24)17(11-14)26-5;/h6-11,24H,1-5H3,(H,21,22);1H. The number of imidazole rings is 1. The first kappa shape index (κ1) is 20.5. The summed E-state index contributed by atoms with van der Waals surface area (Å²) in [6.45, 7) is 1.99. The Morgan fingerprint density at radius 2 is 1.52 bits per heavy atom. The number of anilines is 1. The molecule has 0 spiro atoms. The minimum Gasteiger partial charge on any atom is -0.502 e. The molecule has 144 valence electrons. The molecule has 0 amide bonds. The molecule has 27 heavy (non-hydrogen) atoms. The van der Waals surface area contributed by atoms with Gasteiger partial charge in [-0.2, -0.15) is 0 Å². The molecule has 1 heterocycles. The maximum Gasteiger partial charge on any atom is 0.200 e. The van der Waals surface area contributed by atoms with E-state index in [4.69, 9.17) is 14.5 Å². The number of aryl methyl sites for hydroxylation is 1. The second kappa shape index (κ2) is 8.22. The van der Waals surface area contributed by atoms with Gasteiger partial charge >= 0.3 is 0 Å². The van der Waals surface area contributed by atoms with Gasteiger partial charge in [0.25, 0.3) is 0 Å². The summed E-state index contributed by atoms with van der Waals surface area (Å²) in [4.78, 5) is 10.1. The molecule has 0 saturated carbocycles. The molecule has 0 fully saturated rings. The number of methoxy groups -OCH3 is 2. The van der Waals surface area contributed by atoms with Gasteiger partial charge < -0.3 is 24.5 Å². The first-order valence-electron chi connectivity index (χ1n) is 8.24. The van der Waals surface area contributed by atoms with E-state index in [0.29, 0.717) is 17.3 Å². The molecule has 6 nitrogen and oxygen atoms in total. The number of rotatable bonds is 5. The van der Waals surface area contributed by atoms with Crippen molar-refractivity contribution in [3.8, 4) is 39.9 Å². The van der Waals surface area contributed by atoms with Crippen LogP contribution in [0.15, 0.2) is 36.4 Å². The number of halogens is 1. The van der Waals surface area contributed by atoms with Crippen molar-refractivity contribution in [2.24, 2.45) is 0 Å². The summed E-state index contributed by atoms with van der Waals surface area (Å²) < 4.78 is 10.5. The van der Waals surface area contributed by atoms with Crippen LogP contribution in [0.1, 0.15) is 5.69 Å². The van der Waals surface area contributed by atoms with Crippen molar-refractivity contribution in [1.29, 1.82) is 0 Å². The van der Waals surface area contributed by atoms with E-state index in [0.717, 1.165) is 28.2 Å². The summed E-state index contributed by atoms with van der Waals surface area (Å²) in [5.41, 5.74) is 4.79. The van der Waals surface area contributed by atoms with Crippen molar-refractivity contribution in [2.75, 3.05) is 33.2 Å². The summed E-state index contributed by atoms with van der Waals surface area (Å²) in [6, 6.07) is 11.7. The molecule has 1 aromatic heterocycles. The highest BCUT2D eigenvalue weighted by Gasteiger charge is 2.16. The summed E-state index contributed by atoms with van der Waals surface area (Å²) in [6.07, 6.45) is 0. The number of hydrogen-bond acceptors (Lipinski definition) is 5. The van der Waals surface area contributed by atoms with Crippen molar-refractivity contribution >= 4 is 18.1 Å². The smallest absolute Gasteiger partial charge is 0.200 e. The Morgan fingerprint density at radius 3 is 2.00 bits per heavy atom. The lowest BCUT2D eigenvalue weighted by Gasteiger charge is -2.12. The van der Waals surface area contributed by atoms with E-state index in [2.05, 4.69) is 34.1 Å². The Labute approximate surface area is 165 Å². The van der Waals surface area contributed by atoms with Crippen LogP contribution < -0.4 is 14.4 Å². The molecule has 7 heteroatoms. The third-order valence-corrected chi connectivity index (χ3v) is 4.30. The zero-order chi connectivity index (χ0) is 18.8. The molecule has 3 rings (SSSR count). The first-order valence-corrected chi connectivity index (χ1v) is 8.24. The number of nitrogens with zero attached hydrogens (tertiary/aromatic N) is 2. The SMILES string of the molecule is COc1cc(-c2nc(-c3ccc(N(C)C)cc3)c(C)[nH]2)cc(OC)c1O.Cl. The van der Waals surface area contributed by atoms with Crippen molar-refractivity contribution < 1.29 is 14.6 Å². The fourth-order valence-corrected chi connectivity index (χ4v) is 2.83. The molecule has 0 aliphatic rings. The monoisotopic (exact) mass is 389 g/mol. The van der Waals surface area contributed by atoms with Crippen LogP contribution in [0.2, 0.25) is 0 Å². The van der Waals surface area contributed by atoms with Crippen molar-refractivity contribution in [1.82, 2.24) is 9.97 Å². The Morgan fingerprint density at radius 1 is 0.963 bits per heavy atom. The normalized spacial score (nSPS) is 10.3. The highest BCUT2D eigenvalue weighted by molar-refractivity contribution is 5.85. The van der Waals surface area contributed by atoms with Crippen LogP contribution in [-0.2, 0) is 0 Å². The van der Waals surface area contributed by atoms with Gasteiger partial charge in [0, 0.05) is 36.6 Å². The minimum absolute atomic E-state index is 0. The molecule has 0 radical (unpaired) electrons. The number of aromatic amines is 1. The Bertz CT molecular complexity index is 896. The van der Waals surface area contributed by atoms with E-state index < -0.39 is 0 Å². The highest BCUT2D eigenvalue weighted by atomic mass is 35.5. The molecule has 0 aliphatic carbocycles. The Balaban J connectivity index is 0.00000261. The second-order valence-electron chi connectivity index (χ2n) is 6.23. The molecule has 0 bridgehead atoms. The number of aromatic hydroxyl groups is 1. The molecule has 0 saturated heterocycles. The van der Waals surface area contributed by atoms with Gasteiger partial charge in [-0.25, -0.2) is 4.98 Å². The number of phenols is 1. The number of ether oxygens (including phenoxy) is 2. The lowest BCUT2D eigenvalue weighted by Crippen LogP contribution is -2.07. The average molecular weight is 390 g/mol. The van der Waals surface area contributed by atoms with E-state index in [1.165, 1.54) is 14.2 Å². The van der Waals surface area contributed by atoms with Crippen LogP contribution >= 0.6 is 12.4 Å². The summed E-state index contributed by atoms with van der Waals surface area (Å²) >= 11 is 0. The van der Waals surface area contributed by atoms with Gasteiger partial charge in [-0.05, 0) is 31.2 Å². The molecule has 2 aromatic carbocycles. The fraction of sp³-hybridized carbons (Fsp3) is 0.250. The van der Waals surface area contributed by atoms with Gasteiger partial charge in [0.15, 0.2) is 11.5 Å². The topological polar surface area (TPSA) is 70.6 Å². The Kier molecular flexibility index (Phi) is 6.23. The molecule has 0 unspecified atom stereocenters. The zero-order valence-electron chi connectivity index (χ0n) is 16.0. The van der Waals surface area contributed by atoms with E-state index in [-0.39, 0.29) is 18.2 Å². The summed E-state index contributed by atoms with van der Waals surface area (Å²) in [5.74, 6) is 1.34. The van der Waals surface area contributed by atoms with Crippen LogP contribution in [0.25, 0.3) is 22.6 Å². The minimum atomic E-state index is -0.0264. The molecule has 3 aromatic rings. The summed E-state index contributed by atoms with van der Waals surface area (Å²) in [7, 11) is 7.03. The molecular weight excluding hydrogens is 366 g/mol. The van der Waals surface area contributed by atoms with Gasteiger partial charge in [-0.15, -0.1) is 12.4 Å². The third-order valence-electron chi connectivity index (χ3n) is 4.30. The predicted octanol–water partition coefficient (Wildman–Crippen LogP) is 4.26. The van der Waals surface area contributed by atoms with Crippen LogP contribution in [0, 0.1) is 6.92 Å².